The van der Waals surface area contributed by atoms with Crippen molar-refractivity contribution in [2.24, 2.45) is 5.92 Å². The van der Waals surface area contributed by atoms with E-state index in [0.29, 0.717) is 17.4 Å². The average Bonchev–Trinajstić information content (AvgIpc) is 2.96. The minimum Gasteiger partial charge on any atom is -0.299 e. The zero-order chi connectivity index (χ0) is 15.4. The van der Waals surface area contributed by atoms with Crippen molar-refractivity contribution in [3.8, 4) is 0 Å². The summed E-state index contributed by atoms with van der Waals surface area (Å²) in [5.41, 5.74) is 1.36. The first-order valence-electron chi connectivity index (χ1n) is 7.75. The third kappa shape index (κ3) is 3.97. The number of ketones is 1. The molecule has 0 amide bonds. The fourth-order valence-electron chi connectivity index (χ4n) is 3.04. The van der Waals surface area contributed by atoms with Gasteiger partial charge in [0.15, 0.2) is 5.78 Å². The van der Waals surface area contributed by atoms with E-state index in [9.17, 15) is 4.79 Å². The fraction of sp³-hybridized carbons (Fsp3) is 0.389. The number of halogens is 1. The smallest absolute Gasteiger partial charge is 0.174 e. The van der Waals surface area contributed by atoms with Gasteiger partial charge in [-0.1, -0.05) is 41.9 Å². The van der Waals surface area contributed by atoms with E-state index in [1.54, 1.807) is 0 Å². The molecule has 1 aliphatic heterocycles. The Bertz CT molecular complexity index is 617. The van der Waals surface area contributed by atoms with Crippen LogP contribution in [0.5, 0.6) is 0 Å². The second-order valence-electron chi connectivity index (χ2n) is 5.93. The first-order valence-corrected chi connectivity index (χ1v) is 9.00. The van der Waals surface area contributed by atoms with Gasteiger partial charge in [0.05, 0.1) is 9.90 Å². The second-order valence-corrected chi connectivity index (χ2v) is 7.25. The molecule has 1 fully saturated rings. The standard InChI is InChI=1S/C18H20ClNOS/c19-16-8-11-22-18(16)17(21)12-14-6-9-20(10-7-14)13-15-4-2-1-3-5-15/h1-5,8,11,14H,6-7,9-10,12-13H2. The Kier molecular flexibility index (Phi) is 5.29. The SMILES string of the molecule is O=C(CC1CCN(Cc2ccccc2)CC1)c1sccc1Cl. The minimum absolute atomic E-state index is 0.210. The molecule has 0 aliphatic carbocycles. The van der Waals surface area contributed by atoms with Gasteiger partial charge in [-0.2, -0.15) is 0 Å². The van der Waals surface area contributed by atoms with E-state index in [2.05, 4.69) is 35.2 Å². The van der Waals surface area contributed by atoms with Crippen molar-refractivity contribution in [1.29, 1.82) is 0 Å². The van der Waals surface area contributed by atoms with Gasteiger partial charge in [0, 0.05) is 13.0 Å². The highest BCUT2D eigenvalue weighted by molar-refractivity contribution is 7.12. The van der Waals surface area contributed by atoms with Gasteiger partial charge >= 0.3 is 0 Å². The van der Waals surface area contributed by atoms with Crippen molar-refractivity contribution in [2.75, 3.05) is 13.1 Å². The molecule has 2 nitrogen and oxygen atoms in total. The third-order valence-corrected chi connectivity index (χ3v) is 5.68. The Morgan fingerprint density at radius 2 is 1.91 bits per heavy atom. The largest absolute Gasteiger partial charge is 0.299 e. The quantitative estimate of drug-likeness (QED) is 0.726. The number of piperidine rings is 1. The van der Waals surface area contributed by atoms with Crippen LogP contribution in [0, 0.1) is 5.92 Å². The molecular formula is C18H20ClNOS. The molecule has 2 heterocycles. The molecule has 1 aromatic heterocycles. The number of carbonyl (C=O) groups excluding carboxylic acids is 1. The molecule has 1 aliphatic rings. The van der Waals surface area contributed by atoms with Crippen LogP contribution in [-0.4, -0.2) is 23.8 Å². The van der Waals surface area contributed by atoms with E-state index in [1.165, 1.54) is 16.9 Å². The van der Waals surface area contributed by atoms with Gasteiger partial charge in [-0.3, -0.25) is 9.69 Å². The van der Waals surface area contributed by atoms with E-state index in [0.717, 1.165) is 37.4 Å². The van der Waals surface area contributed by atoms with Crippen LogP contribution in [0.15, 0.2) is 41.8 Å². The van der Waals surface area contributed by atoms with Crippen molar-refractivity contribution in [3.05, 3.63) is 57.2 Å². The lowest BCUT2D eigenvalue weighted by Gasteiger charge is -2.31. The summed E-state index contributed by atoms with van der Waals surface area (Å²) in [6, 6.07) is 12.4. The highest BCUT2D eigenvalue weighted by Crippen LogP contribution is 2.28. The Labute approximate surface area is 140 Å². The number of nitrogens with zero attached hydrogens (tertiary/aromatic N) is 1. The molecular weight excluding hydrogens is 314 g/mol. The van der Waals surface area contributed by atoms with Gasteiger partial charge in [-0.15, -0.1) is 11.3 Å². The molecule has 4 heteroatoms. The lowest BCUT2D eigenvalue weighted by atomic mass is 9.91. The summed E-state index contributed by atoms with van der Waals surface area (Å²) in [4.78, 5) is 15.5. The molecule has 0 spiro atoms. The topological polar surface area (TPSA) is 20.3 Å². The molecule has 3 rings (SSSR count). The van der Waals surface area contributed by atoms with Crippen molar-refractivity contribution >= 4 is 28.7 Å². The number of hydrogen-bond acceptors (Lipinski definition) is 3. The summed E-state index contributed by atoms with van der Waals surface area (Å²) in [7, 11) is 0. The predicted octanol–water partition coefficient (Wildman–Crippen LogP) is 4.89. The predicted molar refractivity (Wildman–Crippen MR) is 92.7 cm³/mol. The molecule has 2 aromatic rings. The van der Waals surface area contributed by atoms with Crippen molar-refractivity contribution in [3.63, 3.8) is 0 Å². The van der Waals surface area contributed by atoms with Crippen LogP contribution in [0.1, 0.15) is 34.5 Å². The average molecular weight is 334 g/mol. The van der Waals surface area contributed by atoms with Crippen LogP contribution in [0.4, 0.5) is 0 Å². The Morgan fingerprint density at radius 1 is 1.18 bits per heavy atom. The van der Waals surface area contributed by atoms with E-state index >= 15 is 0 Å². The van der Waals surface area contributed by atoms with Gasteiger partial charge < -0.3 is 0 Å². The van der Waals surface area contributed by atoms with Crippen molar-refractivity contribution in [2.45, 2.75) is 25.8 Å². The Morgan fingerprint density at radius 3 is 2.55 bits per heavy atom. The van der Waals surface area contributed by atoms with E-state index in [-0.39, 0.29) is 5.78 Å². The molecule has 1 aromatic carbocycles. The first-order chi connectivity index (χ1) is 10.7. The summed E-state index contributed by atoms with van der Waals surface area (Å²) in [5, 5.41) is 2.49. The van der Waals surface area contributed by atoms with Crippen molar-refractivity contribution < 1.29 is 4.79 Å². The first kappa shape index (κ1) is 15.7. The lowest BCUT2D eigenvalue weighted by molar-refractivity contribution is 0.0929. The second kappa shape index (κ2) is 7.40. The van der Waals surface area contributed by atoms with Crippen LogP contribution in [0.25, 0.3) is 0 Å². The number of carbonyl (C=O) groups is 1. The Hall–Kier alpha value is -1.16. The summed E-state index contributed by atoms with van der Waals surface area (Å²) in [5.74, 6) is 0.708. The van der Waals surface area contributed by atoms with E-state index in [4.69, 9.17) is 11.6 Å². The van der Waals surface area contributed by atoms with Crippen LogP contribution in [-0.2, 0) is 6.54 Å². The van der Waals surface area contributed by atoms with Gasteiger partial charge in [0.2, 0.25) is 0 Å². The number of Topliss-reactive ketones (excluding diaryl/α,β-unsaturated/α-hetero) is 1. The van der Waals surface area contributed by atoms with Gasteiger partial charge in [-0.25, -0.2) is 0 Å². The number of thiophene rings is 1. The number of hydrogen-bond donors (Lipinski definition) is 0. The highest BCUT2D eigenvalue weighted by Gasteiger charge is 2.23. The van der Waals surface area contributed by atoms with E-state index in [1.807, 2.05) is 11.4 Å². The molecule has 0 saturated carbocycles. The molecule has 0 N–H and O–H groups in total. The summed E-state index contributed by atoms with van der Waals surface area (Å²) in [6.45, 7) is 3.16. The van der Waals surface area contributed by atoms with Gasteiger partial charge in [0.1, 0.15) is 0 Å². The minimum atomic E-state index is 0.210. The van der Waals surface area contributed by atoms with Crippen LogP contribution in [0.3, 0.4) is 0 Å². The van der Waals surface area contributed by atoms with Crippen LogP contribution in [0.2, 0.25) is 5.02 Å². The fourth-order valence-corrected chi connectivity index (χ4v) is 4.15. The molecule has 22 heavy (non-hydrogen) atoms. The summed E-state index contributed by atoms with van der Waals surface area (Å²) in [6.07, 6.45) is 2.84. The molecule has 116 valence electrons. The number of rotatable bonds is 5. The van der Waals surface area contributed by atoms with Gasteiger partial charge in [0.25, 0.3) is 0 Å². The maximum Gasteiger partial charge on any atom is 0.174 e. The Balaban J connectivity index is 1.48. The zero-order valence-electron chi connectivity index (χ0n) is 12.5. The van der Waals surface area contributed by atoms with Gasteiger partial charge in [-0.05, 0) is 48.9 Å². The zero-order valence-corrected chi connectivity index (χ0v) is 14.1. The maximum absolute atomic E-state index is 12.3. The lowest BCUT2D eigenvalue weighted by Crippen LogP contribution is -2.33. The van der Waals surface area contributed by atoms with Crippen LogP contribution >= 0.6 is 22.9 Å². The molecule has 0 unspecified atom stereocenters. The molecule has 1 saturated heterocycles. The van der Waals surface area contributed by atoms with E-state index < -0.39 is 0 Å². The molecule has 0 radical (unpaired) electrons. The maximum atomic E-state index is 12.3. The number of benzene rings is 1. The van der Waals surface area contributed by atoms with Crippen LogP contribution < -0.4 is 0 Å². The molecule has 0 atom stereocenters. The highest BCUT2D eigenvalue weighted by atomic mass is 35.5. The van der Waals surface area contributed by atoms with Crippen molar-refractivity contribution in [1.82, 2.24) is 4.90 Å². The molecule has 0 bridgehead atoms. The monoisotopic (exact) mass is 333 g/mol. The third-order valence-electron chi connectivity index (χ3n) is 4.30. The summed E-state index contributed by atoms with van der Waals surface area (Å²) >= 11 is 7.50. The normalized spacial score (nSPS) is 16.8. The number of likely N-dealkylation sites (tertiary alicyclic amines) is 1. The summed E-state index contributed by atoms with van der Waals surface area (Å²) < 4.78 is 0.